The number of halogens is 1. The summed E-state index contributed by atoms with van der Waals surface area (Å²) in [7, 11) is -0.667. The van der Waals surface area contributed by atoms with E-state index in [2.05, 4.69) is 20.7 Å². The van der Waals surface area contributed by atoms with E-state index in [4.69, 9.17) is 9.47 Å². The molecule has 0 saturated heterocycles. The zero-order valence-corrected chi connectivity index (χ0v) is 15.3. The van der Waals surface area contributed by atoms with Crippen molar-refractivity contribution in [2.24, 2.45) is 0 Å². The highest BCUT2D eigenvalue weighted by molar-refractivity contribution is 9.10. The summed E-state index contributed by atoms with van der Waals surface area (Å²) >= 11 is 4.87. The fraction of sp³-hybridized carbons (Fsp3) is 0.286. The highest BCUT2D eigenvalue weighted by Crippen LogP contribution is 2.35. The minimum absolute atomic E-state index is 0.122. The van der Waals surface area contributed by atoms with Crippen molar-refractivity contribution in [3.8, 4) is 11.5 Å². The van der Waals surface area contributed by atoms with Crippen molar-refractivity contribution in [3.63, 3.8) is 0 Å². The Morgan fingerprint density at radius 3 is 2.50 bits per heavy atom. The molecule has 0 amide bonds. The van der Waals surface area contributed by atoms with Crippen LogP contribution in [0.5, 0.6) is 11.5 Å². The van der Waals surface area contributed by atoms with E-state index in [1.165, 1.54) is 20.3 Å². The fourth-order valence-electron chi connectivity index (χ4n) is 1.88. The molecule has 0 radical (unpaired) electrons. The van der Waals surface area contributed by atoms with Crippen LogP contribution in [-0.4, -0.2) is 29.2 Å². The van der Waals surface area contributed by atoms with E-state index in [0.717, 1.165) is 4.88 Å². The first-order valence-corrected chi connectivity index (χ1v) is 9.57. The van der Waals surface area contributed by atoms with Crippen LogP contribution in [-0.2, 0) is 16.4 Å². The second-order valence-electron chi connectivity index (χ2n) is 4.36. The molecule has 0 aliphatic carbocycles. The molecule has 0 spiro atoms. The summed E-state index contributed by atoms with van der Waals surface area (Å²) in [5, 5.41) is 1.97. The summed E-state index contributed by atoms with van der Waals surface area (Å²) in [5.41, 5.74) is 0. The Labute approximate surface area is 142 Å². The quantitative estimate of drug-likeness (QED) is 0.768. The lowest BCUT2D eigenvalue weighted by molar-refractivity contribution is 0.353. The van der Waals surface area contributed by atoms with Gasteiger partial charge in [0.25, 0.3) is 0 Å². The molecular formula is C14H16BrNO4S2. The molecule has 120 valence electrons. The Bertz CT molecular complexity index is 730. The maximum Gasteiger partial charge on any atom is 0.241 e. The third-order valence-corrected chi connectivity index (χ3v) is 6.33. The molecule has 0 aliphatic heterocycles. The van der Waals surface area contributed by atoms with Crippen molar-refractivity contribution < 1.29 is 17.9 Å². The van der Waals surface area contributed by atoms with Crippen LogP contribution in [0.4, 0.5) is 0 Å². The number of ether oxygens (including phenoxy) is 2. The predicted octanol–water partition coefficient (Wildman–Crippen LogP) is 3.05. The van der Waals surface area contributed by atoms with Crippen LogP contribution < -0.4 is 14.2 Å². The number of hydrogen-bond donors (Lipinski definition) is 1. The standard InChI is InChI=1S/C14H16BrNO4S2/c1-19-12-8-11(15)14(9-13(12)20-2)22(17,18)16-6-5-10-4-3-7-21-10/h3-4,7-9,16H,5-6H2,1-2H3. The van der Waals surface area contributed by atoms with Crippen molar-refractivity contribution in [2.75, 3.05) is 20.8 Å². The van der Waals surface area contributed by atoms with Gasteiger partial charge in [-0.1, -0.05) is 6.07 Å². The maximum atomic E-state index is 12.4. The molecule has 1 N–H and O–H groups in total. The summed E-state index contributed by atoms with van der Waals surface area (Å²) < 4.78 is 38.2. The Hall–Kier alpha value is -1.09. The molecule has 1 aromatic carbocycles. The lowest BCUT2D eigenvalue weighted by atomic mass is 10.3. The van der Waals surface area contributed by atoms with Crippen LogP contribution in [0, 0.1) is 0 Å². The lowest BCUT2D eigenvalue weighted by Crippen LogP contribution is -2.26. The minimum atomic E-state index is -3.63. The molecule has 22 heavy (non-hydrogen) atoms. The Kier molecular flexibility index (Phi) is 5.85. The van der Waals surface area contributed by atoms with E-state index in [1.54, 1.807) is 17.4 Å². The molecule has 1 aromatic heterocycles. The zero-order chi connectivity index (χ0) is 16.2. The summed E-state index contributed by atoms with van der Waals surface area (Å²) in [5.74, 6) is 0.830. The van der Waals surface area contributed by atoms with Crippen molar-refractivity contribution in [3.05, 3.63) is 39.0 Å². The SMILES string of the molecule is COc1cc(Br)c(S(=O)(=O)NCCc2cccs2)cc1OC. The third-order valence-electron chi connectivity index (χ3n) is 2.97. The Morgan fingerprint density at radius 2 is 1.91 bits per heavy atom. The zero-order valence-electron chi connectivity index (χ0n) is 12.1. The van der Waals surface area contributed by atoms with Crippen LogP contribution in [0.25, 0.3) is 0 Å². The molecule has 0 fully saturated rings. The van der Waals surface area contributed by atoms with Gasteiger partial charge in [-0.3, -0.25) is 0 Å². The number of methoxy groups -OCH3 is 2. The van der Waals surface area contributed by atoms with Gasteiger partial charge in [-0.2, -0.15) is 0 Å². The van der Waals surface area contributed by atoms with Crippen LogP contribution in [0.3, 0.4) is 0 Å². The molecule has 0 aliphatic rings. The van der Waals surface area contributed by atoms with E-state index in [0.29, 0.717) is 28.9 Å². The molecule has 2 rings (SSSR count). The van der Waals surface area contributed by atoms with Gasteiger partial charge < -0.3 is 9.47 Å². The predicted molar refractivity (Wildman–Crippen MR) is 90.5 cm³/mol. The first kappa shape index (κ1) is 17.3. The van der Waals surface area contributed by atoms with E-state index >= 15 is 0 Å². The second-order valence-corrected chi connectivity index (χ2v) is 7.99. The summed E-state index contributed by atoms with van der Waals surface area (Å²) in [6.07, 6.45) is 0.655. The van der Waals surface area contributed by atoms with Gasteiger partial charge in [-0.05, 0) is 39.9 Å². The number of thiophene rings is 1. The van der Waals surface area contributed by atoms with Crippen LogP contribution in [0.1, 0.15) is 4.88 Å². The average Bonchev–Trinajstić information content (AvgIpc) is 2.99. The summed E-state index contributed by atoms with van der Waals surface area (Å²) in [6, 6.07) is 6.94. The van der Waals surface area contributed by atoms with Gasteiger partial charge in [0.1, 0.15) is 4.90 Å². The van der Waals surface area contributed by atoms with Gasteiger partial charge in [0.05, 0.1) is 14.2 Å². The van der Waals surface area contributed by atoms with Crippen molar-refractivity contribution in [1.29, 1.82) is 0 Å². The lowest BCUT2D eigenvalue weighted by Gasteiger charge is -2.13. The number of hydrogen-bond acceptors (Lipinski definition) is 5. The van der Waals surface area contributed by atoms with Gasteiger partial charge in [-0.25, -0.2) is 13.1 Å². The molecule has 0 atom stereocenters. The van der Waals surface area contributed by atoms with Gasteiger partial charge in [0, 0.05) is 22.0 Å². The number of benzene rings is 1. The van der Waals surface area contributed by atoms with Gasteiger partial charge in [0.15, 0.2) is 11.5 Å². The monoisotopic (exact) mass is 405 g/mol. The molecule has 1 heterocycles. The highest BCUT2D eigenvalue weighted by atomic mass is 79.9. The molecule has 2 aromatic rings. The van der Waals surface area contributed by atoms with Crippen molar-refractivity contribution in [1.82, 2.24) is 4.72 Å². The van der Waals surface area contributed by atoms with Crippen LogP contribution >= 0.6 is 27.3 Å². The maximum absolute atomic E-state index is 12.4. The number of rotatable bonds is 7. The Balaban J connectivity index is 2.17. The second kappa shape index (κ2) is 7.45. The molecule has 8 heteroatoms. The molecular weight excluding hydrogens is 390 g/mol. The first-order valence-electron chi connectivity index (χ1n) is 6.41. The van der Waals surface area contributed by atoms with Crippen LogP contribution in [0.2, 0.25) is 0 Å². The van der Waals surface area contributed by atoms with Gasteiger partial charge in [-0.15, -0.1) is 11.3 Å². The Morgan fingerprint density at radius 1 is 1.23 bits per heavy atom. The van der Waals surface area contributed by atoms with Crippen molar-refractivity contribution in [2.45, 2.75) is 11.3 Å². The highest BCUT2D eigenvalue weighted by Gasteiger charge is 2.20. The molecule has 5 nitrogen and oxygen atoms in total. The van der Waals surface area contributed by atoms with E-state index < -0.39 is 10.0 Å². The topological polar surface area (TPSA) is 64.6 Å². The van der Waals surface area contributed by atoms with Gasteiger partial charge >= 0.3 is 0 Å². The summed E-state index contributed by atoms with van der Waals surface area (Å²) in [6.45, 7) is 0.337. The first-order chi connectivity index (χ1) is 10.5. The molecule has 0 saturated carbocycles. The fourth-order valence-corrected chi connectivity index (χ4v) is 4.66. The van der Waals surface area contributed by atoms with Gasteiger partial charge in [0.2, 0.25) is 10.0 Å². The molecule has 0 unspecified atom stereocenters. The number of nitrogens with one attached hydrogen (secondary N) is 1. The van der Waals surface area contributed by atoms with Crippen molar-refractivity contribution >= 4 is 37.3 Å². The smallest absolute Gasteiger partial charge is 0.241 e. The van der Waals surface area contributed by atoms with E-state index in [9.17, 15) is 8.42 Å². The average molecular weight is 406 g/mol. The molecule has 0 bridgehead atoms. The third kappa shape index (κ3) is 4.01. The summed E-state index contributed by atoms with van der Waals surface area (Å²) in [4.78, 5) is 1.26. The van der Waals surface area contributed by atoms with E-state index in [-0.39, 0.29) is 4.90 Å². The minimum Gasteiger partial charge on any atom is -0.493 e. The number of sulfonamides is 1. The van der Waals surface area contributed by atoms with Crippen LogP contribution in [0.15, 0.2) is 39.0 Å². The van der Waals surface area contributed by atoms with E-state index in [1.807, 2.05) is 17.5 Å². The normalized spacial score (nSPS) is 11.4. The largest absolute Gasteiger partial charge is 0.493 e.